The molecule has 0 aliphatic rings. The summed E-state index contributed by atoms with van der Waals surface area (Å²) in [4.78, 5) is 40.6. The molecule has 2 heterocycles. The number of H-pyrrole nitrogens is 1. The fourth-order valence-electron chi connectivity index (χ4n) is 1.23. The third-order valence-corrected chi connectivity index (χ3v) is 2.72. The molecule has 0 aromatic carbocycles. The van der Waals surface area contributed by atoms with Gasteiger partial charge in [-0.15, -0.1) is 11.3 Å². The predicted octanol–water partition coefficient (Wildman–Crippen LogP) is 0.185. The molecule has 2 aromatic heterocycles. The summed E-state index contributed by atoms with van der Waals surface area (Å²) in [6.07, 6.45) is 2.60. The Morgan fingerprint density at radius 3 is 2.81 bits per heavy atom. The molecular weight excluding hydrogens is 230 g/mol. The first kappa shape index (κ1) is 10.5. The average Bonchev–Trinajstić information content (AvgIpc) is 2.70. The van der Waals surface area contributed by atoms with Crippen molar-refractivity contribution in [3.05, 3.63) is 44.2 Å². The van der Waals surface area contributed by atoms with Crippen molar-refractivity contribution in [3.8, 4) is 5.13 Å². The molecule has 1 N–H and O–H groups in total. The van der Waals surface area contributed by atoms with Crippen molar-refractivity contribution >= 4 is 17.1 Å². The summed E-state index contributed by atoms with van der Waals surface area (Å²) in [5, 5.41) is 1.89. The van der Waals surface area contributed by atoms with Crippen LogP contribution in [0.4, 0.5) is 0 Å². The van der Waals surface area contributed by atoms with Crippen molar-refractivity contribution in [1.82, 2.24) is 14.5 Å². The molecule has 0 bridgehead atoms. The Balaban J connectivity index is 2.80. The number of hydrogen-bond donors (Lipinski definition) is 1. The minimum absolute atomic E-state index is 0.0604. The van der Waals surface area contributed by atoms with Crippen LogP contribution in [0.2, 0.25) is 0 Å². The Morgan fingerprint density at radius 2 is 2.25 bits per heavy atom. The monoisotopic (exact) mass is 237 g/mol. The largest absolute Gasteiger partial charge is 0.334 e. The van der Waals surface area contributed by atoms with Gasteiger partial charge in [0.15, 0.2) is 5.78 Å². The van der Waals surface area contributed by atoms with Gasteiger partial charge in [-0.2, -0.15) is 0 Å². The van der Waals surface area contributed by atoms with Crippen molar-refractivity contribution in [3.63, 3.8) is 0 Å². The van der Waals surface area contributed by atoms with E-state index in [4.69, 9.17) is 0 Å². The van der Waals surface area contributed by atoms with Gasteiger partial charge < -0.3 is 4.98 Å². The molecule has 7 heteroatoms. The van der Waals surface area contributed by atoms with E-state index in [2.05, 4.69) is 9.97 Å². The van der Waals surface area contributed by atoms with Gasteiger partial charge in [0.2, 0.25) is 5.13 Å². The number of carbonyl (C=O) groups is 1. The van der Waals surface area contributed by atoms with Crippen LogP contribution in [0.15, 0.2) is 27.4 Å². The summed E-state index contributed by atoms with van der Waals surface area (Å²) in [6, 6.07) is 0. The van der Waals surface area contributed by atoms with Crippen LogP contribution in [0.1, 0.15) is 17.3 Å². The number of rotatable bonds is 2. The molecule has 0 saturated carbocycles. The molecule has 2 rings (SSSR count). The lowest BCUT2D eigenvalue weighted by atomic mass is 10.2. The number of carbonyl (C=O) groups excluding carboxylic acids is 1. The van der Waals surface area contributed by atoms with E-state index in [0.29, 0.717) is 0 Å². The van der Waals surface area contributed by atoms with Crippen molar-refractivity contribution < 1.29 is 4.79 Å². The highest BCUT2D eigenvalue weighted by molar-refractivity contribution is 7.12. The van der Waals surface area contributed by atoms with Crippen LogP contribution in [0.3, 0.4) is 0 Å². The zero-order chi connectivity index (χ0) is 11.7. The number of ketones is 1. The third-order valence-electron chi connectivity index (χ3n) is 1.97. The Morgan fingerprint density at radius 1 is 1.50 bits per heavy atom. The van der Waals surface area contributed by atoms with E-state index in [-0.39, 0.29) is 10.7 Å². The Labute approximate surface area is 93.2 Å². The molecule has 0 spiro atoms. The van der Waals surface area contributed by atoms with Crippen LogP contribution in [0, 0.1) is 0 Å². The molecule has 0 aliphatic heterocycles. The smallest absolute Gasteiger partial charge is 0.313 e. The molecule has 0 atom stereocenters. The number of nitrogens with zero attached hydrogens (tertiary/aromatic N) is 2. The SMILES string of the molecule is CC(=O)c1c[nH]c(=O)n(-c2nccs2)c1=O. The number of Topliss-reactive ketones (excluding diaryl/α,β-unsaturated/α-hetero) is 1. The van der Waals surface area contributed by atoms with Crippen LogP contribution >= 0.6 is 11.3 Å². The van der Waals surface area contributed by atoms with Crippen molar-refractivity contribution in [2.45, 2.75) is 6.92 Å². The maximum absolute atomic E-state index is 11.8. The van der Waals surface area contributed by atoms with Gasteiger partial charge in [0.1, 0.15) is 0 Å². The zero-order valence-electron chi connectivity index (χ0n) is 8.26. The molecule has 0 saturated heterocycles. The van der Waals surface area contributed by atoms with Gasteiger partial charge in [-0.25, -0.2) is 14.3 Å². The van der Waals surface area contributed by atoms with Gasteiger partial charge in [0.25, 0.3) is 5.56 Å². The van der Waals surface area contributed by atoms with E-state index in [1.807, 2.05) is 0 Å². The highest BCUT2D eigenvalue weighted by Gasteiger charge is 2.13. The number of hydrogen-bond acceptors (Lipinski definition) is 5. The van der Waals surface area contributed by atoms with E-state index < -0.39 is 17.0 Å². The van der Waals surface area contributed by atoms with Crippen LogP contribution in [0.5, 0.6) is 0 Å². The minimum atomic E-state index is -0.647. The lowest BCUT2D eigenvalue weighted by molar-refractivity contribution is 0.101. The predicted molar refractivity (Wildman–Crippen MR) is 58.3 cm³/mol. The van der Waals surface area contributed by atoms with Crippen LogP contribution < -0.4 is 11.2 Å². The van der Waals surface area contributed by atoms with Gasteiger partial charge in [0.05, 0.1) is 5.56 Å². The average molecular weight is 237 g/mol. The molecule has 16 heavy (non-hydrogen) atoms. The molecular formula is C9H7N3O3S. The van der Waals surface area contributed by atoms with Gasteiger partial charge in [0, 0.05) is 17.8 Å². The second-order valence-electron chi connectivity index (χ2n) is 3.02. The maximum Gasteiger partial charge on any atom is 0.334 e. The van der Waals surface area contributed by atoms with E-state index in [0.717, 1.165) is 22.1 Å². The molecule has 0 amide bonds. The van der Waals surface area contributed by atoms with Gasteiger partial charge in [-0.1, -0.05) is 0 Å². The van der Waals surface area contributed by atoms with E-state index >= 15 is 0 Å². The summed E-state index contributed by atoms with van der Waals surface area (Å²) < 4.78 is 0.849. The number of aromatic amines is 1. The molecule has 82 valence electrons. The number of aromatic nitrogens is 3. The Bertz CT molecular complexity index is 639. The number of nitrogens with one attached hydrogen (secondary N) is 1. The van der Waals surface area contributed by atoms with Crippen molar-refractivity contribution in [1.29, 1.82) is 0 Å². The summed E-state index contributed by atoms with van der Waals surface area (Å²) in [7, 11) is 0. The first-order chi connectivity index (χ1) is 7.61. The normalized spacial score (nSPS) is 10.3. The topological polar surface area (TPSA) is 84.8 Å². The highest BCUT2D eigenvalue weighted by atomic mass is 32.1. The van der Waals surface area contributed by atoms with E-state index in [1.54, 1.807) is 5.38 Å². The lowest BCUT2D eigenvalue weighted by Gasteiger charge is -2.00. The maximum atomic E-state index is 11.8. The second kappa shape index (κ2) is 3.86. The van der Waals surface area contributed by atoms with Crippen LogP contribution in [-0.2, 0) is 0 Å². The third kappa shape index (κ3) is 1.61. The molecule has 0 unspecified atom stereocenters. The lowest BCUT2D eigenvalue weighted by Crippen LogP contribution is -2.36. The minimum Gasteiger partial charge on any atom is -0.313 e. The summed E-state index contributed by atoms with van der Waals surface area (Å²) in [5.74, 6) is -0.397. The molecule has 0 fully saturated rings. The molecule has 0 aliphatic carbocycles. The highest BCUT2D eigenvalue weighted by Crippen LogP contribution is 2.05. The second-order valence-corrected chi connectivity index (χ2v) is 3.89. The first-order valence-electron chi connectivity index (χ1n) is 4.37. The van der Waals surface area contributed by atoms with Crippen molar-refractivity contribution in [2.75, 3.05) is 0 Å². The van der Waals surface area contributed by atoms with E-state index in [1.165, 1.54) is 13.1 Å². The Kier molecular flexibility index (Phi) is 2.53. The summed E-state index contributed by atoms with van der Waals surface area (Å²) in [5.41, 5.74) is -1.31. The van der Waals surface area contributed by atoms with E-state index in [9.17, 15) is 14.4 Å². The standard InChI is InChI=1S/C9H7N3O3S/c1-5(13)6-4-11-8(15)12(7(6)14)9-10-2-3-16-9/h2-4H,1H3,(H,11,15). The molecule has 2 aromatic rings. The van der Waals surface area contributed by atoms with Gasteiger partial charge in [-0.3, -0.25) is 9.59 Å². The Hall–Kier alpha value is -2.02. The fraction of sp³-hybridized carbons (Fsp3) is 0.111. The first-order valence-corrected chi connectivity index (χ1v) is 5.25. The fourth-order valence-corrected chi connectivity index (χ4v) is 1.86. The van der Waals surface area contributed by atoms with Crippen LogP contribution in [0.25, 0.3) is 5.13 Å². The summed E-state index contributed by atoms with van der Waals surface area (Å²) >= 11 is 1.15. The summed E-state index contributed by atoms with van der Waals surface area (Å²) in [6.45, 7) is 1.27. The van der Waals surface area contributed by atoms with Crippen LogP contribution in [-0.4, -0.2) is 20.3 Å². The van der Waals surface area contributed by atoms with Gasteiger partial charge in [-0.05, 0) is 6.92 Å². The quantitative estimate of drug-likeness (QED) is 0.755. The molecule has 6 nitrogen and oxygen atoms in total. The molecule has 0 radical (unpaired) electrons. The van der Waals surface area contributed by atoms with Gasteiger partial charge >= 0.3 is 5.69 Å². The number of thiazole rings is 1. The zero-order valence-corrected chi connectivity index (χ0v) is 9.08. The van der Waals surface area contributed by atoms with Crippen molar-refractivity contribution in [2.24, 2.45) is 0 Å².